The number of benzene rings is 2. The fourth-order valence-corrected chi connectivity index (χ4v) is 3.69. The lowest BCUT2D eigenvalue weighted by Gasteiger charge is -2.30. The molecule has 0 atom stereocenters. The maximum Gasteiger partial charge on any atom is 0.125 e. The van der Waals surface area contributed by atoms with Crippen molar-refractivity contribution in [2.24, 2.45) is 0 Å². The summed E-state index contributed by atoms with van der Waals surface area (Å²) in [5.41, 5.74) is 6.31. The van der Waals surface area contributed by atoms with Gasteiger partial charge in [-0.1, -0.05) is 29.8 Å². The molecule has 0 aromatic heterocycles. The Kier molecular flexibility index (Phi) is 4.50. The number of ether oxygens (including phenoxy) is 1. The molecule has 25 heavy (non-hydrogen) atoms. The molecule has 0 amide bonds. The van der Waals surface area contributed by atoms with E-state index in [4.69, 9.17) is 4.74 Å². The van der Waals surface area contributed by atoms with Crippen molar-refractivity contribution in [3.05, 3.63) is 59.3 Å². The molecule has 2 heterocycles. The molecule has 0 radical (unpaired) electrons. The summed E-state index contributed by atoms with van der Waals surface area (Å²) in [5.74, 6) is 1.04. The minimum atomic E-state index is 0.318. The van der Waals surface area contributed by atoms with Gasteiger partial charge in [-0.25, -0.2) is 0 Å². The summed E-state index contributed by atoms with van der Waals surface area (Å²) in [5, 5.41) is 3.33. The molecule has 4 rings (SSSR count). The molecule has 3 heteroatoms. The Hall–Kier alpha value is -2.26. The van der Waals surface area contributed by atoms with Crippen LogP contribution in [-0.4, -0.2) is 31.1 Å². The van der Waals surface area contributed by atoms with Gasteiger partial charge in [0.1, 0.15) is 11.9 Å². The highest BCUT2D eigenvalue weighted by Gasteiger charge is 2.21. The van der Waals surface area contributed by atoms with Crippen molar-refractivity contribution in [2.45, 2.75) is 32.4 Å². The van der Waals surface area contributed by atoms with Crippen LogP contribution in [0.4, 0.5) is 0 Å². The molecular formula is C22H26N2O. The van der Waals surface area contributed by atoms with Gasteiger partial charge in [0.2, 0.25) is 0 Å². The first-order chi connectivity index (χ1) is 12.2. The molecular weight excluding hydrogens is 308 g/mol. The first kappa shape index (κ1) is 16.2. The molecule has 0 spiro atoms. The summed E-state index contributed by atoms with van der Waals surface area (Å²) in [6.45, 7) is 5.20. The van der Waals surface area contributed by atoms with E-state index in [2.05, 4.69) is 66.7 Å². The third kappa shape index (κ3) is 3.57. The van der Waals surface area contributed by atoms with Crippen LogP contribution in [0.2, 0.25) is 0 Å². The second-order valence-electron chi connectivity index (χ2n) is 7.25. The lowest BCUT2D eigenvalue weighted by Crippen LogP contribution is -2.36. The summed E-state index contributed by atoms with van der Waals surface area (Å²) in [6.07, 6.45) is 6.70. The maximum atomic E-state index is 6.49. The number of rotatable bonds is 3. The van der Waals surface area contributed by atoms with Crippen LogP contribution >= 0.6 is 0 Å². The van der Waals surface area contributed by atoms with E-state index in [1.54, 1.807) is 0 Å². The van der Waals surface area contributed by atoms with Gasteiger partial charge < -0.3 is 15.0 Å². The Morgan fingerprint density at radius 3 is 2.72 bits per heavy atom. The Labute approximate surface area is 150 Å². The number of aryl methyl sites for hydroxylation is 1. The fraction of sp³-hybridized carbons (Fsp3) is 0.364. The van der Waals surface area contributed by atoms with Gasteiger partial charge in [-0.15, -0.1) is 0 Å². The summed E-state index contributed by atoms with van der Waals surface area (Å²) < 4.78 is 6.49. The van der Waals surface area contributed by atoms with Gasteiger partial charge in [-0.3, -0.25) is 0 Å². The quantitative estimate of drug-likeness (QED) is 0.910. The SMILES string of the molecule is Cc1cccc(-c2cc3c(c(OC4CCN(C)CC4)c2)CNC=C3)c1. The lowest BCUT2D eigenvalue weighted by atomic mass is 9.95. The highest BCUT2D eigenvalue weighted by molar-refractivity contribution is 5.73. The second-order valence-corrected chi connectivity index (χ2v) is 7.25. The molecule has 2 aromatic carbocycles. The molecule has 0 bridgehead atoms. The topological polar surface area (TPSA) is 24.5 Å². The molecule has 0 saturated carbocycles. The van der Waals surface area contributed by atoms with Crippen LogP contribution in [0.5, 0.6) is 5.75 Å². The molecule has 0 unspecified atom stereocenters. The zero-order valence-corrected chi connectivity index (χ0v) is 15.1. The van der Waals surface area contributed by atoms with Crippen molar-refractivity contribution in [1.29, 1.82) is 0 Å². The van der Waals surface area contributed by atoms with E-state index in [-0.39, 0.29) is 0 Å². The van der Waals surface area contributed by atoms with Gasteiger partial charge in [0.25, 0.3) is 0 Å². The van der Waals surface area contributed by atoms with Crippen LogP contribution < -0.4 is 10.1 Å². The normalized spacial score (nSPS) is 17.8. The van der Waals surface area contributed by atoms with E-state index in [9.17, 15) is 0 Å². The van der Waals surface area contributed by atoms with Gasteiger partial charge >= 0.3 is 0 Å². The predicted octanol–water partition coefficient (Wildman–Crippen LogP) is 4.21. The van der Waals surface area contributed by atoms with Crippen molar-refractivity contribution < 1.29 is 4.74 Å². The standard InChI is InChI=1S/C22H26N2O/c1-16-4-3-5-17(12-16)19-13-18-6-9-23-15-21(18)22(14-19)25-20-7-10-24(2)11-8-20/h3-6,9,12-14,20,23H,7-8,10-11,15H2,1-2H3. The monoisotopic (exact) mass is 334 g/mol. The maximum absolute atomic E-state index is 6.49. The Balaban J connectivity index is 1.69. The number of fused-ring (bicyclic) bond motifs is 1. The molecule has 3 nitrogen and oxygen atoms in total. The zero-order valence-electron chi connectivity index (χ0n) is 15.1. The number of hydrogen-bond acceptors (Lipinski definition) is 3. The minimum Gasteiger partial charge on any atom is -0.490 e. The van der Waals surface area contributed by atoms with Gasteiger partial charge in [0.15, 0.2) is 0 Å². The third-order valence-electron chi connectivity index (χ3n) is 5.21. The average Bonchev–Trinajstić information content (AvgIpc) is 2.63. The molecule has 2 aliphatic heterocycles. The Morgan fingerprint density at radius 2 is 1.92 bits per heavy atom. The van der Waals surface area contributed by atoms with Crippen molar-refractivity contribution in [1.82, 2.24) is 10.2 Å². The summed E-state index contributed by atoms with van der Waals surface area (Å²) in [4.78, 5) is 2.38. The van der Waals surface area contributed by atoms with E-state index >= 15 is 0 Å². The first-order valence-electron chi connectivity index (χ1n) is 9.18. The van der Waals surface area contributed by atoms with Gasteiger partial charge in [0.05, 0.1) is 0 Å². The zero-order chi connectivity index (χ0) is 17.2. The van der Waals surface area contributed by atoms with E-state index < -0.39 is 0 Å². The summed E-state index contributed by atoms with van der Waals surface area (Å²) in [7, 11) is 2.19. The second kappa shape index (κ2) is 6.93. The Morgan fingerprint density at radius 1 is 1.08 bits per heavy atom. The number of likely N-dealkylation sites (tertiary alicyclic amines) is 1. The molecule has 2 aromatic rings. The molecule has 1 N–H and O–H groups in total. The highest BCUT2D eigenvalue weighted by Crippen LogP contribution is 2.34. The van der Waals surface area contributed by atoms with Crippen LogP contribution in [0.3, 0.4) is 0 Å². The summed E-state index contributed by atoms with van der Waals surface area (Å²) >= 11 is 0. The third-order valence-corrected chi connectivity index (χ3v) is 5.21. The smallest absolute Gasteiger partial charge is 0.125 e. The Bertz CT molecular complexity index is 789. The van der Waals surface area contributed by atoms with E-state index in [0.29, 0.717) is 6.10 Å². The van der Waals surface area contributed by atoms with Gasteiger partial charge in [0, 0.05) is 25.2 Å². The van der Waals surface area contributed by atoms with Crippen LogP contribution in [0, 0.1) is 6.92 Å². The molecule has 130 valence electrons. The molecule has 0 aliphatic carbocycles. The van der Waals surface area contributed by atoms with E-state index in [1.807, 2.05) is 6.20 Å². The van der Waals surface area contributed by atoms with Crippen LogP contribution in [0.15, 0.2) is 42.6 Å². The van der Waals surface area contributed by atoms with Gasteiger partial charge in [-0.05, 0) is 67.9 Å². The van der Waals surface area contributed by atoms with Crippen molar-refractivity contribution in [2.75, 3.05) is 20.1 Å². The van der Waals surface area contributed by atoms with Crippen LogP contribution in [-0.2, 0) is 6.54 Å². The average molecular weight is 334 g/mol. The highest BCUT2D eigenvalue weighted by atomic mass is 16.5. The largest absolute Gasteiger partial charge is 0.490 e. The van der Waals surface area contributed by atoms with Crippen molar-refractivity contribution in [3.8, 4) is 16.9 Å². The van der Waals surface area contributed by atoms with Crippen LogP contribution in [0.25, 0.3) is 17.2 Å². The van der Waals surface area contributed by atoms with E-state index in [0.717, 1.165) is 38.2 Å². The molecule has 2 aliphatic rings. The van der Waals surface area contributed by atoms with Gasteiger partial charge in [-0.2, -0.15) is 0 Å². The fourth-order valence-electron chi connectivity index (χ4n) is 3.69. The predicted molar refractivity (Wildman–Crippen MR) is 104 cm³/mol. The van der Waals surface area contributed by atoms with Crippen LogP contribution in [0.1, 0.15) is 29.5 Å². The summed E-state index contributed by atoms with van der Waals surface area (Å²) in [6, 6.07) is 13.2. The van der Waals surface area contributed by atoms with Crippen molar-refractivity contribution >= 4 is 6.08 Å². The molecule has 1 fully saturated rings. The number of nitrogens with zero attached hydrogens (tertiary/aromatic N) is 1. The lowest BCUT2D eigenvalue weighted by molar-refractivity contribution is 0.113. The van der Waals surface area contributed by atoms with E-state index in [1.165, 1.54) is 27.8 Å². The van der Waals surface area contributed by atoms with Crippen molar-refractivity contribution in [3.63, 3.8) is 0 Å². The number of nitrogens with one attached hydrogen (secondary N) is 1. The number of hydrogen-bond donors (Lipinski definition) is 1. The minimum absolute atomic E-state index is 0.318. The number of piperidine rings is 1. The molecule has 1 saturated heterocycles. The first-order valence-corrected chi connectivity index (χ1v) is 9.18.